The number of nitrogens with one attached hydrogen (secondary N) is 1. The highest BCUT2D eigenvalue weighted by Crippen LogP contribution is 2.28. The van der Waals surface area contributed by atoms with Crippen molar-refractivity contribution in [2.45, 2.75) is 51.0 Å². The molecule has 5 heteroatoms. The fourth-order valence-corrected chi connectivity index (χ4v) is 2.51. The maximum Gasteiger partial charge on any atom is 0.317 e. The molecule has 5 nitrogen and oxygen atoms in total. The predicted molar refractivity (Wildman–Crippen MR) is 67.3 cm³/mol. The lowest BCUT2D eigenvalue weighted by atomic mass is 9.98. The first kappa shape index (κ1) is 13.2. The quantitative estimate of drug-likeness (QED) is 0.786. The fraction of sp³-hybridized carbons (Fsp3) is 0.846. The number of urea groups is 1. The van der Waals surface area contributed by atoms with Crippen molar-refractivity contribution >= 4 is 12.0 Å². The molecular formula is C13H22N2O3. The molecule has 18 heavy (non-hydrogen) atoms. The first-order valence-electron chi connectivity index (χ1n) is 6.93. The molecule has 0 aromatic rings. The maximum atomic E-state index is 12.1. The van der Waals surface area contributed by atoms with Crippen molar-refractivity contribution in [2.24, 2.45) is 5.92 Å². The normalized spacial score (nSPS) is 23.8. The minimum Gasteiger partial charge on any atom is -0.481 e. The number of likely N-dealkylation sites (tertiary alicyclic amines) is 1. The van der Waals surface area contributed by atoms with Crippen LogP contribution in [0, 0.1) is 5.92 Å². The number of piperidine rings is 1. The van der Waals surface area contributed by atoms with E-state index >= 15 is 0 Å². The van der Waals surface area contributed by atoms with Gasteiger partial charge in [0.25, 0.3) is 0 Å². The number of nitrogens with zero attached hydrogens (tertiary/aromatic N) is 1. The van der Waals surface area contributed by atoms with Gasteiger partial charge in [-0.15, -0.1) is 0 Å². The number of carboxylic acids is 1. The Morgan fingerprint density at radius 2 is 2.00 bits per heavy atom. The fourth-order valence-electron chi connectivity index (χ4n) is 2.51. The SMILES string of the molecule is O=C(O)CCC1CCCCN1C(=O)NCC1CC1. The van der Waals surface area contributed by atoms with E-state index < -0.39 is 5.97 Å². The second-order valence-corrected chi connectivity index (χ2v) is 5.40. The smallest absolute Gasteiger partial charge is 0.317 e. The van der Waals surface area contributed by atoms with Gasteiger partial charge < -0.3 is 15.3 Å². The third-order valence-electron chi connectivity index (χ3n) is 3.82. The van der Waals surface area contributed by atoms with Crippen LogP contribution in [0.1, 0.15) is 44.9 Å². The van der Waals surface area contributed by atoms with Crippen LogP contribution in [0.15, 0.2) is 0 Å². The average Bonchev–Trinajstić information content (AvgIpc) is 3.18. The summed E-state index contributed by atoms with van der Waals surface area (Å²) in [5.74, 6) is -0.102. The van der Waals surface area contributed by atoms with E-state index in [1.807, 2.05) is 4.90 Å². The van der Waals surface area contributed by atoms with Crippen molar-refractivity contribution < 1.29 is 14.7 Å². The number of hydrogen-bond acceptors (Lipinski definition) is 2. The number of amides is 2. The number of rotatable bonds is 5. The first-order chi connectivity index (χ1) is 8.66. The Bertz CT molecular complexity index is 315. The van der Waals surface area contributed by atoms with Crippen LogP contribution in [0.5, 0.6) is 0 Å². The molecule has 0 aromatic carbocycles. The lowest BCUT2D eigenvalue weighted by Crippen LogP contribution is -2.49. The Morgan fingerprint density at radius 1 is 1.22 bits per heavy atom. The van der Waals surface area contributed by atoms with E-state index in [0.29, 0.717) is 12.3 Å². The first-order valence-corrected chi connectivity index (χ1v) is 6.93. The van der Waals surface area contributed by atoms with Crippen molar-refractivity contribution in [3.05, 3.63) is 0 Å². The number of carbonyl (C=O) groups is 2. The third kappa shape index (κ3) is 3.89. The van der Waals surface area contributed by atoms with Crippen molar-refractivity contribution in [1.82, 2.24) is 10.2 Å². The molecule has 102 valence electrons. The summed E-state index contributed by atoms with van der Waals surface area (Å²) >= 11 is 0. The van der Waals surface area contributed by atoms with Gasteiger partial charge in [-0.2, -0.15) is 0 Å². The van der Waals surface area contributed by atoms with E-state index in [9.17, 15) is 9.59 Å². The van der Waals surface area contributed by atoms with Gasteiger partial charge in [-0.1, -0.05) is 0 Å². The number of aliphatic carboxylic acids is 1. The van der Waals surface area contributed by atoms with Crippen LogP contribution in [0.4, 0.5) is 4.79 Å². The molecule has 0 radical (unpaired) electrons. The van der Waals surface area contributed by atoms with Crippen LogP contribution < -0.4 is 5.32 Å². The second kappa shape index (κ2) is 6.07. The van der Waals surface area contributed by atoms with Gasteiger partial charge in [-0.05, 0) is 44.4 Å². The number of carbonyl (C=O) groups excluding carboxylic acids is 1. The zero-order chi connectivity index (χ0) is 13.0. The highest BCUT2D eigenvalue weighted by Gasteiger charge is 2.28. The van der Waals surface area contributed by atoms with E-state index in [0.717, 1.165) is 32.4 Å². The summed E-state index contributed by atoms with van der Waals surface area (Å²) in [4.78, 5) is 24.5. The molecule has 2 fully saturated rings. The van der Waals surface area contributed by atoms with E-state index in [1.54, 1.807) is 0 Å². The van der Waals surface area contributed by atoms with Crippen LogP contribution in [0.25, 0.3) is 0 Å². The summed E-state index contributed by atoms with van der Waals surface area (Å²) < 4.78 is 0. The minimum atomic E-state index is -0.779. The summed E-state index contributed by atoms with van der Waals surface area (Å²) in [6.45, 7) is 1.54. The van der Waals surface area contributed by atoms with E-state index in [2.05, 4.69) is 5.32 Å². The van der Waals surface area contributed by atoms with Crippen molar-refractivity contribution in [3.8, 4) is 0 Å². The monoisotopic (exact) mass is 254 g/mol. The molecule has 0 aromatic heterocycles. The number of carboxylic acid groups (broad SMARTS) is 1. The summed E-state index contributed by atoms with van der Waals surface area (Å²) in [5, 5.41) is 11.7. The van der Waals surface area contributed by atoms with Gasteiger partial charge in [0.2, 0.25) is 0 Å². The van der Waals surface area contributed by atoms with Gasteiger partial charge in [-0.25, -0.2) is 4.79 Å². The van der Waals surface area contributed by atoms with Crippen LogP contribution >= 0.6 is 0 Å². The molecular weight excluding hydrogens is 232 g/mol. The Kier molecular flexibility index (Phi) is 4.44. The number of hydrogen-bond donors (Lipinski definition) is 2. The molecule has 1 saturated carbocycles. The van der Waals surface area contributed by atoms with Crippen LogP contribution in [-0.2, 0) is 4.79 Å². The topological polar surface area (TPSA) is 69.6 Å². The Balaban J connectivity index is 1.80. The maximum absolute atomic E-state index is 12.1. The standard InChI is InChI=1S/C13H22N2O3/c16-12(17)7-6-11-3-1-2-8-15(11)13(18)14-9-10-4-5-10/h10-11H,1-9H2,(H,14,18)(H,16,17). The Morgan fingerprint density at radius 3 is 2.67 bits per heavy atom. The summed E-state index contributed by atoms with van der Waals surface area (Å²) in [5.41, 5.74) is 0. The van der Waals surface area contributed by atoms with Crippen molar-refractivity contribution in [2.75, 3.05) is 13.1 Å². The highest BCUT2D eigenvalue weighted by atomic mass is 16.4. The summed E-state index contributed by atoms with van der Waals surface area (Å²) in [6, 6.07) is 0.103. The lowest BCUT2D eigenvalue weighted by Gasteiger charge is -2.35. The van der Waals surface area contributed by atoms with Crippen molar-refractivity contribution in [3.63, 3.8) is 0 Å². The molecule has 2 rings (SSSR count). The Labute approximate surface area is 108 Å². The second-order valence-electron chi connectivity index (χ2n) is 5.40. The van der Waals surface area contributed by atoms with Crippen LogP contribution in [0.2, 0.25) is 0 Å². The van der Waals surface area contributed by atoms with Gasteiger partial charge in [-0.3, -0.25) is 4.79 Å². The highest BCUT2D eigenvalue weighted by molar-refractivity contribution is 5.75. The molecule has 1 aliphatic heterocycles. The van der Waals surface area contributed by atoms with Crippen LogP contribution in [-0.4, -0.2) is 41.1 Å². The van der Waals surface area contributed by atoms with Gasteiger partial charge in [0.15, 0.2) is 0 Å². The summed E-state index contributed by atoms with van der Waals surface area (Å²) in [6.07, 6.45) is 6.23. The molecule has 0 bridgehead atoms. The molecule has 2 amide bonds. The van der Waals surface area contributed by atoms with E-state index in [4.69, 9.17) is 5.11 Å². The lowest BCUT2D eigenvalue weighted by molar-refractivity contribution is -0.137. The molecule has 2 aliphatic rings. The summed E-state index contributed by atoms with van der Waals surface area (Å²) in [7, 11) is 0. The van der Waals surface area contributed by atoms with Crippen LogP contribution in [0.3, 0.4) is 0 Å². The largest absolute Gasteiger partial charge is 0.481 e. The van der Waals surface area contributed by atoms with Gasteiger partial charge in [0, 0.05) is 25.6 Å². The molecule has 1 heterocycles. The van der Waals surface area contributed by atoms with Crippen molar-refractivity contribution in [1.29, 1.82) is 0 Å². The zero-order valence-corrected chi connectivity index (χ0v) is 10.7. The van der Waals surface area contributed by atoms with Gasteiger partial charge in [0.05, 0.1) is 0 Å². The molecule has 1 aliphatic carbocycles. The van der Waals surface area contributed by atoms with Gasteiger partial charge in [0.1, 0.15) is 0 Å². The molecule has 1 unspecified atom stereocenters. The molecule has 2 N–H and O–H groups in total. The average molecular weight is 254 g/mol. The van der Waals surface area contributed by atoms with E-state index in [-0.39, 0.29) is 18.5 Å². The minimum absolute atomic E-state index is 0.00279. The Hall–Kier alpha value is -1.26. The predicted octanol–water partition coefficient (Wildman–Crippen LogP) is 1.83. The van der Waals surface area contributed by atoms with E-state index in [1.165, 1.54) is 12.8 Å². The zero-order valence-electron chi connectivity index (χ0n) is 10.7. The third-order valence-corrected chi connectivity index (χ3v) is 3.82. The molecule has 1 saturated heterocycles. The molecule has 1 atom stereocenters. The van der Waals surface area contributed by atoms with Gasteiger partial charge >= 0.3 is 12.0 Å². The molecule has 0 spiro atoms.